The monoisotopic (exact) mass is 358 g/mol. The molecule has 2 amide bonds. The van der Waals surface area contributed by atoms with Crippen molar-refractivity contribution in [3.63, 3.8) is 0 Å². The van der Waals surface area contributed by atoms with E-state index in [1.165, 1.54) is 12.1 Å². The maximum Gasteiger partial charge on any atom is 0.317 e. The molecule has 1 aromatic carbocycles. The highest BCUT2D eigenvalue weighted by molar-refractivity contribution is 5.74. The summed E-state index contributed by atoms with van der Waals surface area (Å²) >= 11 is 0. The predicted molar refractivity (Wildman–Crippen MR) is 95.3 cm³/mol. The van der Waals surface area contributed by atoms with Gasteiger partial charge in [-0.3, -0.25) is 14.6 Å². The molecular weight excluding hydrogens is 335 g/mol. The number of H-pyrrole nitrogens is 1. The fourth-order valence-corrected chi connectivity index (χ4v) is 3.76. The summed E-state index contributed by atoms with van der Waals surface area (Å²) in [7, 11) is 1.80. The van der Waals surface area contributed by atoms with Crippen molar-refractivity contribution in [2.75, 3.05) is 13.1 Å². The Hall–Kier alpha value is -2.57. The lowest BCUT2D eigenvalue weighted by atomic mass is 9.96. The lowest BCUT2D eigenvalue weighted by molar-refractivity contribution is 0.188. The van der Waals surface area contributed by atoms with Gasteiger partial charge in [-0.1, -0.05) is 12.1 Å². The fraction of sp³-hybridized carbons (Fsp3) is 0.474. The fourth-order valence-electron chi connectivity index (χ4n) is 3.76. The summed E-state index contributed by atoms with van der Waals surface area (Å²) in [4.78, 5) is 26.1. The minimum absolute atomic E-state index is 0.0567. The van der Waals surface area contributed by atoms with Gasteiger partial charge in [0.2, 0.25) is 0 Å². The second kappa shape index (κ2) is 6.30. The number of rotatable bonds is 4. The summed E-state index contributed by atoms with van der Waals surface area (Å²) < 4.78 is 14.7. The van der Waals surface area contributed by atoms with Crippen LogP contribution in [-0.4, -0.2) is 33.8 Å². The molecule has 138 valence electrons. The molecule has 4 rings (SSSR count). The molecule has 7 heteroatoms. The average Bonchev–Trinajstić information content (AvgIpc) is 3.34. The van der Waals surface area contributed by atoms with Gasteiger partial charge in [0.1, 0.15) is 5.82 Å². The Labute approximate surface area is 151 Å². The zero-order valence-corrected chi connectivity index (χ0v) is 14.8. The van der Waals surface area contributed by atoms with Gasteiger partial charge in [-0.25, -0.2) is 9.18 Å². The molecule has 0 saturated heterocycles. The normalized spacial score (nSPS) is 17.7. The molecule has 0 atom stereocenters. The number of carbonyl (C=O) groups excluding carboxylic acids is 1. The van der Waals surface area contributed by atoms with E-state index in [1.807, 2.05) is 12.1 Å². The van der Waals surface area contributed by atoms with Crippen molar-refractivity contribution in [3.05, 3.63) is 57.3 Å². The molecule has 2 N–H and O–H groups in total. The lowest BCUT2D eigenvalue weighted by Gasteiger charge is -2.28. The summed E-state index contributed by atoms with van der Waals surface area (Å²) in [6, 6.07) is 6.51. The number of amides is 2. The van der Waals surface area contributed by atoms with E-state index in [1.54, 1.807) is 16.6 Å². The zero-order valence-electron chi connectivity index (χ0n) is 14.8. The number of nitrogens with zero attached hydrogens (tertiary/aromatic N) is 2. The van der Waals surface area contributed by atoms with Gasteiger partial charge in [-0.05, 0) is 48.8 Å². The highest BCUT2D eigenvalue weighted by Crippen LogP contribution is 2.47. The van der Waals surface area contributed by atoms with Crippen LogP contribution < -0.4 is 10.9 Å². The zero-order chi connectivity index (χ0) is 18.3. The van der Waals surface area contributed by atoms with Crippen LogP contribution in [0.5, 0.6) is 0 Å². The molecule has 1 aromatic heterocycles. The van der Waals surface area contributed by atoms with Crippen molar-refractivity contribution in [1.29, 1.82) is 0 Å². The first kappa shape index (κ1) is 16.9. The molecule has 0 radical (unpaired) electrons. The lowest BCUT2D eigenvalue weighted by Crippen LogP contribution is -2.45. The van der Waals surface area contributed by atoms with Crippen LogP contribution in [0.3, 0.4) is 0 Å². The maximum atomic E-state index is 13.0. The van der Waals surface area contributed by atoms with Gasteiger partial charge in [0.15, 0.2) is 0 Å². The second-order valence-electron chi connectivity index (χ2n) is 7.56. The van der Waals surface area contributed by atoms with Crippen molar-refractivity contribution in [2.24, 2.45) is 12.5 Å². The van der Waals surface area contributed by atoms with Gasteiger partial charge in [0.05, 0.1) is 12.2 Å². The topological polar surface area (TPSA) is 70.1 Å². The largest absolute Gasteiger partial charge is 0.337 e. The van der Waals surface area contributed by atoms with Crippen LogP contribution in [0.4, 0.5) is 9.18 Å². The molecule has 2 aliphatic rings. The molecule has 6 nitrogen and oxygen atoms in total. The van der Waals surface area contributed by atoms with E-state index in [-0.39, 0.29) is 22.8 Å². The number of aromatic amines is 1. The van der Waals surface area contributed by atoms with Crippen molar-refractivity contribution in [2.45, 2.75) is 32.2 Å². The van der Waals surface area contributed by atoms with E-state index in [0.29, 0.717) is 26.1 Å². The molecule has 2 heterocycles. The summed E-state index contributed by atoms with van der Waals surface area (Å²) in [5.74, 6) is -0.226. The first-order valence-electron chi connectivity index (χ1n) is 9.00. The number of aromatic nitrogens is 2. The van der Waals surface area contributed by atoms with E-state index >= 15 is 0 Å². The van der Waals surface area contributed by atoms with E-state index in [4.69, 9.17) is 0 Å². The Morgan fingerprint density at radius 3 is 2.73 bits per heavy atom. The van der Waals surface area contributed by atoms with Gasteiger partial charge in [0, 0.05) is 25.7 Å². The first-order valence-corrected chi connectivity index (χ1v) is 9.00. The van der Waals surface area contributed by atoms with Crippen molar-refractivity contribution in [1.82, 2.24) is 20.0 Å². The Bertz CT molecular complexity index is 880. The maximum absolute atomic E-state index is 13.0. The van der Waals surface area contributed by atoms with Gasteiger partial charge in [-0.2, -0.15) is 0 Å². The number of nitrogens with one attached hydrogen (secondary N) is 2. The van der Waals surface area contributed by atoms with Gasteiger partial charge < -0.3 is 10.2 Å². The first-order chi connectivity index (χ1) is 12.5. The van der Waals surface area contributed by atoms with Crippen LogP contribution in [-0.2, 0) is 26.4 Å². The van der Waals surface area contributed by atoms with Crippen LogP contribution in [0.15, 0.2) is 29.1 Å². The third kappa shape index (κ3) is 3.25. The minimum atomic E-state index is -0.226. The predicted octanol–water partition coefficient (Wildman–Crippen LogP) is 1.94. The molecule has 0 bridgehead atoms. The number of halogens is 1. The molecule has 1 aliphatic carbocycles. The average molecular weight is 358 g/mol. The Morgan fingerprint density at radius 2 is 2.04 bits per heavy atom. The van der Waals surface area contributed by atoms with Gasteiger partial charge in [0.25, 0.3) is 5.56 Å². The summed E-state index contributed by atoms with van der Waals surface area (Å²) in [6.45, 7) is 1.62. The molecular formula is C19H23FN4O2. The van der Waals surface area contributed by atoms with E-state index in [0.717, 1.165) is 36.1 Å². The van der Waals surface area contributed by atoms with Crippen LogP contribution >= 0.6 is 0 Å². The number of hydrogen-bond donors (Lipinski definition) is 2. The standard InChI is InChI=1S/C19H23FN4O2/c1-23-16-11-24(9-6-15(16)17(25)22-23)18(26)21-12-19(7-8-19)10-13-2-4-14(20)5-3-13/h2-5H,6-12H2,1H3,(H,21,26)(H,22,25). The van der Waals surface area contributed by atoms with E-state index < -0.39 is 0 Å². The van der Waals surface area contributed by atoms with Crippen molar-refractivity contribution in [3.8, 4) is 0 Å². The Balaban J connectivity index is 1.35. The molecule has 2 aromatic rings. The quantitative estimate of drug-likeness (QED) is 0.877. The summed E-state index contributed by atoms with van der Waals surface area (Å²) in [6.07, 6.45) is 3.58. The van der Waals surface area contributed by atoms with E-state index in [9.17, 15) is 14.0 Å². The number of hydrogen-bond acceptors (Lipinski definition) is 2. The highest BCUT2D eigenvalue weighted by Gasteiger charge is 2.43. The molecule has 0 unspecified atom stereocenters. The van der Waals surface area contributed by atoms with Crippen LogP contribution in [0, 0.1) is 11.2 Å². The number of carbonyl (C=O) groups is 1. The summed E-state index contributed by atoms with van der Waals surface area (Å²) in [5.41, 5.74) is 2.80. The molecule has 0 spiro atoms. The number of urea groups is 1. The number of fused-ring (bicyclic) bond motifs is 1. The summed E-state index contributed by atoms with van der Waals surface area (Å²) in [5, 5.41) is 5.81. The third-order valence-electron chi connectivity index (χ3n) is 5.62. The number of aryl methyl sites for hydroxylation is 1. The van der Waals surface area contributed by atoms with Gasteiger partial charge in [-0.15, -0.1) is 0 Å². The van der Waals surface area contributed by atoms with Crippen molar-refractivity contribution >= 4 is 6.03 Å². The minimum Gasteiger partial charge on any atom is -0.337 e. The Morgan fingerprint density at radius 1 is 1.31 bits per heavy atom. The smallest absolute Gasteiger partial charge is 0.317 e. The molecule has 1 fully saturated rings. The number of benzene rings is 1. The molecule has 1 aliphatic heterocycles. The molecule has 1 saturated carbocycles. The highest BCUT2D eigenvalue weighted by atomic mass is 19.1. The van der Waals surface area contributed by atoms with Crippen LogP contribution in [0.25, 0.3) is 0 Å². The SMILES string of the molecule is Cn1[nH]c(=O)c2c1CN(C(=O)NCC1(Cc3ccc(F)cc3)CC1)CC2. The van der Waals surface area contributed by atoms with Crippen LogP contribution in [0.1, 0.15) is 29.7 Å². The molecule has 26 heavy (non-hydrogen) atoms. The van der Waals surface area contributed by atoms with Gasteiger partial charge >= 0.3 is 6.03 Å². The van der Waals surface area contributed by atoms with Crippen LogP contribution in [0.2, 0.25) is 0 Å². The third-order valence-corrected chi connectivity index (χ3v) is 5.62. The Kier molecular flexibility index (Phi) is 4.09. The van der Waals surface area contributed by atoms with E-state index in [2.05, 4.69) is 10.4 Å². The second-order valence-corrected chi connectivity index (χ2v) is 7.56. The van der Waals surface area contributed by atoms with Crippen molar-refractivity contribution < 1.29 is 9.18 Å².